The van der Waals surface area contributed by atoms with Gasteiger partial charge in [-0.05, 0) is 26.2 Å². The van der Waals surface area contributed by atoms with Crippen LogP contribution in [0.2, 0.25) is 0 Å². The van der Waals surface area contributed by atoms with Crippen molar-refractivity contribution in [2.45, 2.75) is 56.9 Å². The minimum atomic E-state index is 0.000603. The molecule has 0 aromatic heterocycles. The number of rotatable bonds is 5. The topological polar surface area (TPSA) is 73.6 Å². The maximum Gasteiger partial charge on any atom is 0.220 e. The van der Waals surface area contributed by atoms with Crippen molar-refractivity contribution in [3.63, 3.8) is 0 Å². The van der Waals surface area contributed by atoms with Gasteiger partial charge in [-0.2, -0.15) is 0 Å². The molecule has 5 atom stereocenters. The molecule has 1 saturated heterocycles. The number of amides is 1. The van der Waals surface area contributed by atoms with Crippen molar-refractivity contribution in [2.75, 3.05) is 13.7 Å². The van der Waals surface area contributed by atoms with Crippen molar-refractivity contribution in [1.29, 1.82) is 0 Å². The number of nitrogens with one attached hydrogen (secondary N) is 1. The number of fused-ring (bicyclic) bond motifs is 1. The molecular weight excluding hydrogens is 232 g/mol. The monoisotopic (exact) mass is 256 g/mol. The molecule has 104 valence electrons. The number of nitrogens with two attached hydrogens (primary N) is 1. The summed E-state index contributed by atoms with van der Waals surface area (Å²) in [5.74, 6) is 0.480. The first-order chi connectivity index (χ1) is 8.63. The Kier molecular flexibility index (Phi) is 4.59. The molecule has 1 saturated carbocycles. The molecule has 0 radical (unpaired) electrons. The van der Waals surface area contributed by atoms with Crippen molar-refractivity contribution in [1.82, 2.24) is 5.32 Å². The van der Waals surface area contributed by atoms with Gasteiger partial charge < -0.3 is 20.5 Å². The predicted octanol–water partition coefficient (Wildman–Crippen LogP) is 0.422. The zero-order valence-corrected chi connectivity index (χ0v) is 11.2. The predicted molar refractivity (Wildman–Crippen MR) is 68.1 cm³/mol. The first-order valence-corrected chi connectivity index (χ1v) is 6.83. The van der Waals surface area contributed by atoms with Gasteiger partial charge in [-0.25, -0.2) is 0 Å². The van der Waals surface area contributed by atoms with Crippen LogP contribution in [0.15, 0.2) is 0 Å². The Morgan fingerprint density at radius 3 is 3.11 bits per heavy atom. The number of hydrogen-bond acceptors (Lipinski definition) is 4. The van der Waals surface area contributed by atoms with Crippen LogP contribution in [0.5, 0.6) is 0 Å². The first-order valence-electron chi connectivity index (χ1n) is 6.83. The highest BCUT2D eigenvalue weighted by Crippen LogP contribution is 2.36. The zero-order valence-electron chi connectivity index (χ0n) is 11.2. The summed E-state index contributed by atoms with van der Waals surface area (Å²) in [6.07, 6.45) is 3.68. The molecule has 1 amide bonds. The first kappa shape index (κ1) is 13.8. The van der Waals surface area contributed by atoms with Gasteiger partial charge in [0.25, 0.3) is 0 Å². The van der Waals surface area contributed by atoms with Crippen molar-refractivity contribution in [3.05, 3.63) is 0 Å². The van der Waals surface area contributed by atoms with Gasteiger partial charge in [0.05, 0.1) is 18.2 Å². The lowest BCUT2D eigenvalue weighted by molar-refractivity contribution is -0.139. The van der Waals surface area contributed by atoms with E-state index in [1.807, 2.05) is 6.92 Å². The highest BCUT2D eigenvalue weighted by atomic mass is 16.5. The Balaban J connectivity index is 1.74. The quantitative estimate of drug-likeness (QED) is 0.748. The van der Waals surface area contributed by atoms with Crippen molar-refractivity contribution in [3.8, 4) is 0 Å². The smallest absolute Gasteiger partial charge is 0.220 e. The number of carbonyl (C=O) groups is 1. The van der Waals surface area contributed by atoms with Crippen molar-refractivity contribution in [2.24, 2.45) is 11.7 Å². The molecule has 0 aromatic carbocycles. The Morgan fingerprint density at radius 1 is 1.61 bits per heavy atom. The number of methoxy groups -OCH3 is 1. The molecule has 2 aliphatic rings. The summed E-state index contributed by atoms with van der Waals surface area (Å²) >= 11 is 0. The van der Waals surface area contributed by atoms with Gasteiger partial charge in [-0.1, -0.05) is 0 Å². The van der Waals surface area contributed by atoms with Crippen molar-refractivity contribution >= 4 is 5.91 Å². The van der Waals surface area contributed by atoms with Gasteiger partial charge in [-0.3, -0.25) is 4.79 Å². The van der Waals surface area contributed by atoms with Crippen LogP contribution in [0, 0.1) is 5.92 Å². The van der Waals surface area contributed by atoms with Crippen LogP contribution in [-0.4, -0.2) is 43.9 Å². The summed E-state index contributed by atoms with van der Waals surface area (Å²) in [6, 6.07) is 0.0553. The van der Waals surface area contributed by atoms with Crippen LogP contribution in [0.1, 0.15) is 32.6 Å². The molecule has 1 aliphatic heterocycles. The summed E-state index contributed by atoms with van der Waals surface area (Å²) in [5.41, 5.74) is 6.09. The average Bonchev–Trinajstić information content (AvgIpc) is 2.41. The molecule has 2 fully saturated rings. The second kappa shape index (κ2) is 5.99. The summed E-state index contributed by atoms with van der Waals surface area (Å²) in [5, 5.41) is 3.00. The third kappa shape index (κ3) is 2.84. The lowest BCUT2D eigenvalue weighted by Crippen LogP contribution is -2.72. The van der Waals surface area contributed by atoms with Crippen LogP contribution < -0.4 is 11.1 Å². The van der Waals surface area contributed by atoms with Gasteiger partial charge in [0.1, 0.15) is 0 Å². The molecule has 0 aromatic rings. The Labute approximate surface area is 108 Å². The largest absolute Gasteiger partial charge is 0.382 e. The summed E-state index contributed by atoms with van der Waals surface area (Å²) in [7, 11) is 1.66. The van der Waals surface area contributed by atoms with E-state index in [0.717, 1.165) is 25.9 Å². The maximum absolute atomic E-state index is 11.8. The van der Waals surface area contributed by atoms with Gasteiger partial charge in [0.2, 0.25) is 5.91 Å². The molecule has 0 spiro atoms. The third-order valence-electron chi connectivity index (χ3n) is 4.19. The summed E-state index contributed by atoms with van der Waals surface area (Å²) < 4.78 is 10.8. The fourth-order valence-corrected chi connectivity index (χ4v) is 2.84. The minimum absolute atomic E-state index is 0.000603. The lowest BCUT2D eigenvalue weighted by atomic mass is 9.68. The van der Waals surface area contributed by atoms with Gasteiger partial charge in [0.15, 0.2) is 0 Å². The molecule has 1 heterocycles. The van der Waals surface area contributed by atoms with Gasteiger partial charge in [-0.15, -0.1) is 0 Å². The van der Waals surface area contributed by atoms with Crippen LogP contribution in [-0.2, 0) is 14.3 Å². The second-order valence-corrected chi connectivity index (χ2v) is 5.40. The Bertz CT molecular complexity index is 298. The molecule has 5 nitrogen and oxygen atoms in total. The maximum atomic E-state index is 11.8. The molecule has 0 bridgehead atoms. The second-order valence-electron chi connectivity index (χ2n) is 5.40. The van der Waals surface area contributed by atoms with Crippen LogP contribution >= 0.6 is 0 Å². The molecule has 5 heteroatoms. The SMILES string of the molecule is COC(C)CCC(=O)NC1C(N)C2CCCOC21. The van der Waals surface area contributed by atoms with Gasteiger partial charge in [0, 0.05) is 32.1 Å². The van der Waals surface area contributed by atoms with E-state index in [9.17, 15) is 4.79 Å². The normalized spacial score (nSPS) is 36.4. The molecule has 1 aliphatic carbocycles. The van der Waals surface area contributed by atoms with Crippen LogP contribution in [0.3, 0.4) is 0 Å². The molecule has 18 heavy (non-hydrogen) atoms. The Hall–Kier alpha value is -0.650. The van der Waals surface area contributed by atoms with E-state index in [1.54, 1.807) is 7.11 Å². The van der Waals surface area contributed by atoms with Crippen LogP contribution in [0.25, 0.3) is 0 Å². The zero-order chi connectivity index (χ0) is 13.1. The van der Waals surface area contributed by atoms with E-state index in [-0.39, 0.29) is 30.2 Å². The Morgan fingerprint density at radius 2 is 2.39 bits per heavy atom. The van der Waals surface area contributed by atoms with Crippen molar-refractivity contribution < 1.29 is 14.3 Å². The molecular formula is C13H24N2O3. The average molecular weight is 256 g/mol. The van der Waals surface area contributed by atoms with Crippen LogP contribution in [0.4, 0.5) is 0 Å². The number of carbonyl (C=O) groups excluding carboxylic acids is 1. The third-order valence-corrected chi connectivity index (χ3v) is 4.19. The highest BCUT2D eigenvalue weighted by molar-refractivity contribution is 5.76. The molecule has 5 unspecified atom stereocenters. The number of ether oxygens (including phenoxy) is 2. The summed E-state index contributed by atoms with van der Waals surface area (Å²) in [4.78, 5) is 11.8. The standard InChI is InChI=1S/C13H24N2O3/c1-8(17-2)5-6-10(16)15-12-11(14)9-4-3-7-18-13(9)12/h8-9,11-13H,3-7,14H2,1-2H3,(H,15,16). The van der Waals surface area contributed by atoms with Gasteiger partial charge >= 0.3 is 0 Å². The molecule has 3 N–H and O–H groups in total. The van der Waals surface area contributed by atoms with E-state index < -0.39 is 0 Å². The van der Waals surface area contributed by atoms with E-state index >= 15 is 0 Å². The van der Waals surface area contributed by atoms with E-state index in [1.165, 1.54) is 0 Å². The highest BCUT2D eigenvalue weighted by Gasteiger charge is 2.50. The summed E-state index contributed by atoms with van der Waals surface area (Å²) in [6.45, 7) is 2.75. The van der Waals surface area contributed by atoms with E-state index in [2.05, 4.69) is 5.32 Å². The van der Waals surface area contributed by atoms with E-state index in [0.29, 0.717) is 12.3 Å². The van der Waals surface area contributed by atoms with E-state index in [4.69, 9.17) is 15.2 Å². The molecule has 2 rings (SSSR count). The fraction of sp³-hybridized carbons (Fsp3) is 0.923. The minimum Gasteiger partial charge on any atom is -0.382 e. The lowest BCUT2D eigenvalue weighted by Gasteiger charge is -2.52. The number of hydrogen-bond donors (Lipinski definition) is 2. The fourth-order valence-electron chi connectivity index (χ4n) is 2.84.